The number of rotatable bonds is 6. The van der Waals surface area contributed by atoms with E-state index in [-0.39, 0.29) is 11.9 Å². The minimum Gasteiger partial charge on any atom is -0.349 e. The Hall–Kier alpha value is -2.61. The Kier molecular flexibility index (Phi) is 5.76. The summed E-state index contributed by atoms with van der Waals surface area (Å²) in [4.78, 5) is 12.7. The van der Waals surface area contributed by atoms with Crippen molar-refractivity contribution >= 4 is 16.7 Å². The van der Waals surface area contributed by atoms with Gasteiger partial charge < -0.3 is 5.32 Å². The molecule has 2 nitrogen and oxygen atoms in total. The molecule has 1 aliphatic rings. The third kappa shape index (κ3) is 4.11. The molecule has 4 rings (SSSR count). The number of fused-ring (bicyclic) bond motifs is 2. The van der Waals surface area contributed by atoms with Crippen molar-refractivity contribution in [3.05, 3.63) is 82.9 Å². The highest BCUT2D eigenvalue weighted by Gasteiger charge is 2.16. The smallest absolute Gasteiger partial charge is 0.220 e. The zero-order valence-corrected chi connectivity index (χ0v) is 16.7. The van der Waals surface area contributed by atoms with Crippen LogP contribution in [-0.2, 0) is 24.1 Å². The van der Waals surface area contributed by atoms with E-state index in [4.69, 9.17) is 0 Å². The summed E-state index contributed by atoms with van der Waals surface area (Å²) >= 11 is 0. The quantitative estimate of drug-likeness (QED) is 0.572. The lowest BCUT2D eigenvalue weighted by Crippen LogP contribution is -2.28. The molecule has 0 spiro atoms. The van der Waals surface area contributed by atoms with Crippen LogP contribution in [0.15, 0.2) is 60.7 Å². The van der Waals surface area contributed by atoms with Crippen LogP contribution in [0.25, 0.3) is 10.8 Å². The lowest BCUT2D eigenvalue weighted by Gasteiger charge is -2.22. The van der Waals surface area contributed by atoms with E-state index in [1.165, 1.54) is 58.7 Å². The SMILES string of the molecule is CC[C@H](NC(=O)CCc1cccc2ccccc12)c1ccc2c(c1)CCCC2. The predicted octanol–water partition coefficient (Wildman–Crippen LogP) is 5.92. The van der Waals surface area contributed by atoms with Crippen LogP contribution >= 0.6 is 0 Å². The summed E-state index contributed by atoms with van der Waals surface area (Å²) in [6, 6.07) is 21.7. The molecule has 1 aliphatic carbocycles. The molecule has 2 heteroatoms. The minimum absolute atomic E-state index is 0.104. The van der Waals surface area contributed by atoms with Gasteiger partial charge in [-0.3, -0.25) is 4.79 Å². The van der Waals surface area contributed by atoms with E-state index >= 15 is 0 Å². The average Bonchev–Trinajstić information content (AvgIpc) is 2.75. The van der Waals surface area contributed by atoms with Crippen molar-refractivity contribution in [1.82, 2.24) is 5.32 Å². The zero-order chi connectivity index (χ0) is 19.3. The van der Waals surface area contributed by atoms with Gasteiger partial charge in [-0.25, -0.2) is 0 Å². The van der Waals surface area contributed by atoms with Crippen molar-refractivity contribution in [2.24, 2.45) is 0 Å². The second-order valence-electron chi connectivity index (χ2n) is 7.90. The third-order valence-corrected chi connectivity index (χ3v) is 6.02. The van der Waals surface area contributed by atoms with E-state index in [0.717, 1.165) is 12.8 Å². The monoisotopic (exact) mass is 371 g/mol. The van der Waals surface area contributed by atoms with Gasteiger partial charge in [0.15, 0.2) is 0 Å². The number of hydrogen-bond donors (Lipinski definition) is 1. The average molecular weight is 372 g/mol. The minimum atomic E-state index is 0.104. The Bertz CT molecular complexity index is 970. The molecule has 0 saturated carbocycles. The van der Waals surface area contributed by atoms with E-state index in [9.17, 15) is 4.79 Å². The maximum Gasteiger partial charge on any atom is 0.220 e. The summed E-state index contributed by atoms with van der Waals surface area (Å²) in [6.07, 6.45) is 7.17. The number of hydrogen-bond acceptors (Lipinski definition) is 1. The first-order chi connectivity index (χ1) is 13.7. The first kappa shape index (κ1) is 18.7. The van der Waals surface area contributed by atoms with Crippen LogP contribution in [0.3, 0.4) is 0 Å². The molecule has 0 fully saturated rings. The number of benzene rings is 3. The van der Waals surface area contributed by atoms with Crippen LogP contribution < -0.4 is 5.32 Å². The summed E-state index contributed by atoms with van der Waals surface area (Å²) in [7, 11) is 0. The van der Waals surface area contributed by atoms with Gasteiger partial charge >= 0.3 is 0 Å². The number of carbonyl (C=O) groups is 1. The van der Waals surface area contributed by atoms with Crippen LogP contribution in [0, 0.1) is 0 Å². The molecule has 0 unspecified atom stereocenters. The van der Waals surface area contributed by atoms with E-state index in [1.807, 2.05) is 0 Å². The molecule has 0 heterocycles. The summed E-state index contributed by atoms with van der Waals surface area (Å²) in [5.74, 6) is 0.137. The van der Waals surface area contributed by atoms with Gasteiger partial charge in [-0.15, -0.1) is 0 Å². The predicted molar refractivity (Wildman–Crippen MR) is 117 cm³/mol. The van der Waals surface area contributed by atoms with E-state index in [1.54, 1.807) is 0 Å². The van der Waals surface area contributed by atoms with E-state index in [0.29, 0.717) is 6.42 Å². The molecule has 3 aromatic rings. The highest BCUT2D eigenvalue weighted by Crippen LogP contribution is 2.26. The molecule has 0 radical (unpaired) electrons. The van der Waals surface area contributed by atoms with Gasteiger partial charge in [-0.1, -0.05) is 67.6 Å². The van der Waals surface area contributed by atoms with Crippen molar-refractivity contribution in [3.63, 3.8) is 0 Å². The van der Waals surface area contributed by atoms with Gasteiger partial charge in [0.2, 0.25) is 5.91 Å². The van der Waals surface area contributed by atoms with Gasteiger partial charge in [0.1, 0.15) is 0 Å². The van der Waals surface area contributed by atoms with Crippen molar-refractivity contribution in [3.8, 4) is 0 Å². The number of carbonyl (C=O) groups excluding carboxylic acids is 1. The van der Waals surface area contributed by atoms with Crippen LogP contribution in [0.2, 0.25) is 0 Å². The number of aryl methyl sites for hydroxylation is 3. The fraction of sp³-hybridized carbons (Fsp3) is 0.346. The molecular formula is C26H29NO. The molecule has 1 amide bonds. The van der Waals surface area contributed by atoms with E-state index in [2.05, 4.69) is 72.9 Å². The van der Waals surface area contributed by atoms with Crippen LogP contribution in [0.5, 0.6) is 0 Å². The normalized spacial score (nSPS) is 14.5. The molecule has 1 N–H and O–H groups in total. The lowest BCUT2D eigenvalue weighted by atomic mass is 9.88. The Morgan fingerprint density at radius 2 is 1.75 bits per heavy atom. The van der Waals surface area contributed by atoms with Gasteiger partial charge in [-0.2, -0.15) is 0 Å². The molecule has 0 bridgehead atoms. The van der Waals surface area contributed by atoms with Crippen molar-refractivity contribution < 1.29 is 4.79 Å². The summed E-state index contributed by atoms with van der Waals surface area (Å²) in [6.45, 7) is 2.15. The lowest BCUT2D eigenvalue weighted by molar-refractivity contribution is -0.121. The molecule has 144 valence electrons. The number of nitrogens with one attached hydrogen (secondary N) is 1. The molecular weight excluding hydrogens is 342 g/mol. The first-order valence-electron chi connectivity index (χ1n) is 10.6. The summed E-state index contributed by atoms with van der Waals surface area (Å²) in [5, 5.41) is 5.76. The van der Waals surface area contributed by atoms with Crippen molar-refractivity contribution in [1.29, 1.82) is 0 Å². The maximum atomic E-state index is 12.7. The molecule has 1 atom stereocenters. The summed E-state index contributed by atoms with van der Waals surface area (Å²) in [5.41, 5.74) is 5.47. The Labute approximate surface area is 168 Å². The fourth-order valence-corrected chi connectivity index (χ4v) is 4.42. The zero-order valence-electron chi connectivity index (χ0n) is 16.7. The van der Waals surface area contributed by atoms with Gasteiger partial charge in [-0.05, 0) is 71.6 Å². The van der Waals surface area contributed by atoms with Crippen LogP contribution in [0.1, 0.15) is 60.9 Å². The molecule has 3 aromatic carbocycles. The molecule has 0 aromatic heterocycles. The highest BCUT2D eigenvalue weighted by molar-refractivity contribution is 5.86. The fourth-order valence-electron chi connectivity index (χ4n) is 4.42. The Morgan fingerprint density at radius 1 is 0.964 bits per heavy atom. The van der Waals surface area contributed by atoms with Gasteiger partial charge in [0, 0.05) is 6.42 Å². The van der Waals surface area contributed by atoms with Crippen molar-refractivity contribution in [2.45, 2.75) is 57.9 Å². The maximum absolute atomic E-state index is 12.7. The first-order valence-corrected chi connectivity index (χ1v) is 10.6. The molecule has 28 heavy (non-hydrogen) atoms. The highest BCUT2D eigenvalue weighted by atomic mass is 16.1. The largest absolute Gasteiger partial charge is 0.349 e. The third-order valence-electron chi connectivity index (χ3n) is 6.02. The molecule has 0 saturated heterocycles. The number of amides is 1. The van der Waals surface area contributed by atoms with Gasteiger partial charge in [0.25, 0.3) is 0 Å². The summed E-state index contributed by atoms with van der Waals surface area (Å²) < 4.78 is 0. The second-order valence-corrected chi connectivity index (χ2v) is 7.90. The van der Waals surface area contributed by atoms with Gasteiger partial charge in [0.05, 0.1) is 6.04 Å². The standard InChI is InChI=1S/C26H29NO/c1-2-25(23-15-14-19-8-3-4-10-22(19)18-23)27-26(28)17-16-21-12-7-11-20-9-5-6-13-24(20)21/h5-7,9,11-15,18,25H,2-4,8,10,16-17H2,1H3,(H,27,28)/t25-/m0/s1. The van der Waals surface area contributed by atoms with Crippen LogP contribution in [-0.4, -0.2) is 5.91 Å². The second kappa shape index (κ2) is 8.60. The van der Waals surface area contributed by atoms with E-state index < -0.39 is 0 Å². The molecule has 0 aliphatic heterocycles. The van der Waals surface area contributed by atoms with Crippen LogP contribution in [0.4, 0.5) is 0 Å². The van der Waals surface area contributed by atoms with Crippen molar-refractivity contribution in [2.75, 3.05) is 0 Å². The Balaban J connectivity index is 1.42. The topological polar surface area (TPSA) is 29.1 Å². The Morgan fingerprint density at radius 3 is 2.61 bits per heavy atom.